The molecule has 0 aliphatic carbocycles. The highest BCUT2D eigenvalue weighted by molar-refractivity contribution is 5.32. The van der Waals surface area contributed by atoms with Gasteiger partial charge in [-0.15, -0.1) is 5.06 Å². The highest BCUT2D eigenvalue weighted by Crippen LogP contribution is 2.44. The molecule has 0 unspecified atom stereocenters. The Morgan fingerprint density at radius 3 is 2.20 bits per heavy atom. The van der Waals surface area contributed by atoms with Gasteiger partial charge in [-0.1, -0.05) is 18.6 Å². The smallest absolute Gasteiger partial charge is 0.406 e. The molecule has 0 saturated carbocycles. The van der Waals surface area contributed by atoms with Crippen molar-refractivity contribution in [1.29, 1.82) is 0 Å². The highest BCUT2D eigenvalue weighted by atomic mass is 19.4. The van der Waals surface area contributed by atoms with Crippen LogP contribution >= 0.6 is 0 Å². The number of benzene rings is 1. The van der Waals surface area contributed by atoms with Gasteiger partial charge in [0.15, 0.2) is 0 Å². The first-order valence-electron chi connectivity index (χ1n) is 6.29. The second-order valence-electron chi connectivity index (χ2n) is 4.68. The summed E-state index contributed by atoms with van der Waals surface area (Å²) in [5.74, 6) is -4.89. The molecule has 0 aromatic heterocycles. The van der Waals surface area contributed by atoms with Crippen LogP contribution in [0.1, 0.15) is 24.8 Å². The van der Waals surface area contributed by atoms with Crippen LogP contribution in [0.2, 0.25) is 0 Å². The summed E-state index contributed by atoms with van der Waals surface area (Å²) in [6.07, 6.45) is -2.72. The maximum atomic E-state index is 13.2. The zero-order valence-electron chi connectivity index (χ0n) is 10.6. The predicted octanol–water partition coefficient (Wildman–Crippen LogP) is 4.12. The predicted molar refractivity (Wildman–Crippen MR) is 62.4 cm³/mol. The van der Waals surface area contributed by atoms with Crippen molar-refractivity contribution in [2.75, 3.05) is 13.1 Å². The summed E-state index contributed by atoms with van der Waals surface area (Å²) in [5.41, 5.74) is -1.11. The molecule has 7 heteroatoms. The average Bonchev–Trinajstić information content (AvgIpc) is 2.39. The molecular weight excluding hydrogens is 281 g/mol. The second-order valence-corrected chi connectivity index (χ2v) is 4.68. The van der Waals surface area contributed by atoms with Gasteiger partial charge in [0.1, 0.15) is 5.75 Å². The van der Waals surface area contributed by atoms with Gasteiger partial charge in [-0.25, -0.2) is 0 Å². The molecule has 0 radical (unpaired) electrons. The van der Waals surface area contributed by atoms with Crippen molar-refractivity contribution in [3.8, 4) is 5.75 Å². The fourth-order valence-electron chi connectivity index (χ4n) is 2.02. The number of piperidine rings is 1. The normalized spacial score (nSPS) is 18.1. The number of nitrogens with zero attached hydrogens (tertiary/aromatic N) is 1. The molecule has 0 N–H and O–H groups in total. The first-order chi connectivity index (χ1) is 9.30. The van der Waals surface area contributed by atoms with Crippen LogP contribution in [0.3, 0.4) is 0 Å². The summed E-state index contributed by atoms with van der Waals surface area (Å²) in [6.45, 7) is 1.28. The van der Waals surface area contributed by atoms with Crippen LogP contribution < -0.4 is 4.84 Å². The summed E-state index contributed by atoms with van der Waals surface area (Å²) >= 11 is 0. The lowest BCUT2D eigenvalue weighted by Crippen LogP contribution is -2.34. The average molecular weight is 295 g/mol. The van der Waals surface area contributed by atoms with Gasteiger partial charge >= 0.3 is 12.1 Å². The van der Waals surface area contributed by atoms with Gasteiger partial charge in [0.2, 0.25) is 0 Å². The molecule has 0 spiro atoms. The van der Waals surface area contributed by atoms with E-state index >= 15 is 0 Å². The lowest BCUT2D eigenvalue weighted by Gasteiger charge is -2.26. The minimum atomic E-state index is -5.61. The summed E-state index contributed by atoms with van der Waals surface area (Å²) in [4.78, 5) is 5.34. The summed E-state index contributed by atoms with van der Waals surface area (Å²) < 4.78 is 63.4. The standard InChI is InChI=1S/C13H14F5NO/c14-12(15,13(16,17)18)10-5-4-6-11(9-10)20-19-7-2-1-3-8-19/h4-6,9H,1-3,7-8H2. The third-order valence-corrected chi connectivity index (χ3v) is 3.10. The summed E-state index contributed by atoms with van der Waals surface area (Å²) in [7, 11) is 0. The Bertz CT molecular complexity index is 454. The van der Waals surface area contributed by atoms with E-state index in [0.29, 0.717) is 13.1 Å². The van der Waals surface area contributed by atoms with E-state index in [1.807, 2.05) is 0 Å². The Labute approximate surface area is 113 Å². The van der Waals surface area contributed by atoms with Crippen molar-refractivity contribution >= 4 is 0 Å². The van der Waals surface area contributed by atoms with Crippen LogP contribution in [0.5, 0.6) is 5.75 Å². The van der Waals surface area contributed by atoms with Crippen molar-refractivity contribution in [2.24, 2.45) is 0 Å². The van der Waals surface area contributed by atoms with Crippen molar-refractivity contribution in [2.45, 2.75) is 31.4 Å². The Balaban J connectivity index is 2.15. The molecule has 1 heterocycles. The topological polar surface area (TPSA) is 12.5 Å². The number of alkyl halides is 5. The van der Waals surface area contributed by atoms with E-state index < -0.39 is 17.7 Å². The molecule has 20 heavy (non-hydrogen) atoms. The van der Waals surface area contributed by atoms with E-state index in [9.17, 15) is 22.0 Å². The fourth-order valence-corrected chi connectivity index (χ4v) is 2.02. The molecule has 2 rings (SSSR count). The van der Waals surface area contributed by atoms with E-state index in [1.165, 1.54) is 6.07 Å². The zero-order valence-corrected chi connectivity index (χ0v) is 10.6. The molecule has 1 aromatic rings. The van der Waals surface area contributed by atoms with Gasteiger partial charge in [-0.05, 0) is 25.0 Å². The second kappa shape index (κ2) is 5.55. The Hall–Kier alpha value is -1.37. The van der Waals surface area contributed by atoms with Gasteiger partial charge in [-0.2, -0.15) is 22.0 Å². The largest absolute Gasteiger partial charge is 0.458 e. The van der Waals surface area contributed by atoms with E-state index in [1.54, 1.807) is 5.06 Å². The van der Waals surface area contributed by atoms with Crippen LogP contribution in [-0.2, 0) is 5.92 Å². The summed E-state index contributed by atoms with van der Waals surface area (Å²) in [6, 6.07) is 3.98. The lowest BCUT2D eigenvalue weighted by atomic mass is 10.1. The maximum absolute atomic E-state index is 13.2. The minimum Gasteiger partial charge on any atom is -0.406 e. The first-order valence-corrected chi connectivity index (χ1v) is 6.29. The molecule has 1 aliphatic rings. The third kappa shape index (κ3) is 3.20. The molecule has 0 bridgehead atoms. The number of hydrogen-bond acceptors (Lipinski definition) is 2. The van der Waals surface area contributed by atoms with Crippen LogP contribution in [0.15, 0.2) is 24.3 Å². The quantitative estimate of drug-likeness (QED) is 0.778. The maximum Gasteiger partial charge on any atom is 0.458 e. The summed E-state index contributed by atoms with van der Waals surface area (Å²) in [5, 5.41) is 1.58. The fraction of sp³-hybridized carbons (Fsp3) is 0.538. The van der Waals surface area contributed by atoms with E-state index in [2.05, 4.69) is 0 Å². The van der Waals surface area contributed by atoms with Gasteiger partial charge < -0.3 is 4.84 Å². The number of rotatable bonds is 3. The number of halogens is 5. The number of hydrogen-bond donors (Lipinski definition) is 0. The van der Waals surface area contributed by atoms with Crippen molar-refractivity contribution in [3.05, 3.63) is 29.8 Å². The zero-order chi connectivity index (χ0) is 14.8. The molecule has 0 amide bonds. The Kier molecular flexibility index (Phi) is 4.17. The molecule has 2 nitrogen and oxygen atoms in total. The Morgan fingerprint density at radius 2 is 1.60 bits per heavy atom. The van der Waals surface area contributed by atoms with Crippen LogP contribution in [0.25, 0.3) is 0 Å². The first kappa shape index (κ1) is 15.0. The minimum absolute atomic E-state index is 0.00618. The number of hydroxylamine groups is 2. The molecular formula is C13H14F5NO. The van der Waals surface area contributed by atoms with Gasteiger partial charge in [-0.3, -0.25) is 0 Å². The lowest BCUT2D eigenvalue weighted by molar-refractivity contribution is -0.289. The van der Waals surface area contributed by atoms with Crippen LogP contribution in [0.4, 0.5) is 22.0 Å². The molecule has 1 aromatic carbocycles. The molecule has 1 fully saturated rings. The van der Waals surface area contributed by atoms with Crippen molar-refractivity contribution in [1.82, 2.24) is 5.06 Å². The van der Waals surface area contributed by atoms with Crippen molar-refractivity contribution in [3.63, 3.8) is 0 Å². The monoisotopic (exact) mass is 295 g/mol. The highest BCUT2D eigenvalue weighted by Gasteiger charge is 2.58. The third-order valence-electron chi connectivity index (χ3n) is 3.10. The molecule has 1 aliphatic heterocycles. The van der Waals surface area contributed by atoms with Gasteiger partial charge in [0, 0.05) is 18.7 Å². The van der Waals surface area contributed by atoms with Gasteiger partial charge in [0.25, 0.3) is 0 Å². The van der Waals surface area contributed by atoms with Crippen LogP contribution in [-0.4, -0.2) is 24.3 Å². The molecule has 112 valence electrons. The SMILES string of the molecule is FC(F)(F)C(F)(F)c1cccc(ON2CCCCC2)c1. The van der Waals surface area contributed by atoms with Crippen molar-refractivity contribution < 1.29 is 26.8 Å². The van der Waals surface area contributed by atoms with E-state index in [4.69, 9.17) is 4.84 Å². The van der Waals surface area contributed by atoms with E-state index in [0.717, 1.165) is 37.5 Å². The molecule has 1 saturated heterocycles. The van der Waals surface area contributed by atoms with E-state index in [-0.39, 0.29) is 5.75 Å². The Morgan fingerprint density at radius 1 is 0.950 bits per heavy atom. The van der Waals surface area contributed by atoms with Gasteiger partial charge in [0.05, 0.1) is 0 Å². The molecule has 0 atom stereocenters. The van der Waals surface area contributed by atoms with Crippen LogP contribution in [0, 0.1) is 0 Å².